The van der Waals surface area contributed by atoms with Crippen molar-refractivity contribution in [3.8, 4) is 0 Å². The van der Waals surface area contributed by atoms with E-state index in [1.807, 2.05) is 0 Å². The third-order valence-corrected chi connectivity index (χ3v) is 3.31. The first kappa shape index (κ1) is 9.69. The summed E-state index contributed by atoms with van der Waals surface area (Å²) in [7, 11) is 0. The van der Waals surface area contributed by atoms with Crippen molar-refractivity contribution in [1.82, 2.24) is 0 Å². The highest BCUT2D eigenvalue weighted by molar-refractivity contribution is 5.60. The Bertz CT molecular complexity index is 154. The second-order valence-corrected chi connectivity index (χ2v) is 3.94. The summed E-state index contributed by atoms with van der Waals surface area (Å²) in [6.07, 6.45) is 5.68. The lowest BCUT2D eigenvalue weighted by Crippen LogP contribution is -2.34. The lowest BCUT2D eigenvalue weighted by molar-refractivity contribution is -0.121. The molecular weight excluding hydrogens is 155 g/mol. The first-order valence-corrected chi connectivity index (χ1v) is 4.77. The van der Waals surface area contributed by atoms with Gasteiger partial charge in [-0.25, -0.2) is 0 Å². The van der Waals surface area contributed by atoms with E-state index in [9.17, 15) is 9.18 Å². The van der Waals surface area contributed by atoms with Gasteiger partial charge in [-0.15, -0.1) is 0 Å². The summed E-state index contributed by atoms with van der Waals surface area (Å²) in [4.78, 5) is 10.9. The predicted molar refractivity (Wildman–Crippen MR) is 46.7 cm³/mol. The van der Waals surface area contributed by atoms with Crippen LogP contribution in [0.2, 0.25) is 0 Å². The first-order valence-electron chi connectivity index (χ1n) is 4.77. The van der Waals surface area contributed by atoms with Gasteiger partial charge >= 0.3 is 0 Å². The van der Waals surface area contributed by atoms with Crippen molar-refractivity contribution >= 4 is 6.29 Å². The van der Waals surface area contributed by atoms with Crippen LogP contribution in [-0.4, -0.2) is 13.0 Å². The zero-order chi connectivity index (χ0) is 9.03. The van der Waals surface area contributed by atoms with E-state index in [0.29, 0.717) is 12.3 Å². The van der Waals surface area contributed by atoms with E-state index >= 15 is 0 Å². The molecule has 0 N–H and O–H groups in total. The molecule has 1 nitrogen and oxygen atoms in total. The smallest absolute Gasteiger partial charge is 0.126 e. The molecule has 0 radical (unpaired) electrons. The average molecular weight is 172 g/mol. The summed E-state index contributed by atoms with van der Waals surface area (Å²) in [5.74, 6) is 0.375. The van der Waals surface area contributed by atoms with Gasteiger partial charge in [0.15, 0.2) is 0 Å². The van der Waals surface area contributed by atoms with Crippen LogP contribution in [0.15, 0.2) is 0 Å². The third-order valence-electron chi connectivity index (χ3n) is 3.31. The van der Waals surface area contributed by atoms with E-state index in [4.69, 9.17) is 0 Å². The van der Waals surface area contributed by atoms with Gasteiger partial charge in [-0.05, 0) is 25.2 Å². The number of aldehydes is 1. The van der Waals surface area contributed by atoms with Crippen LogP contribution in [0.25, 0.3) is 0 Å². The Morgan fingerprint density at radius 2 is 2.33 bits per heavy atom. The Labute approximate surface area is 73.3 Å². The van der Waals surface area contributed by atoms with E-state index in [-0.39, 0.29) is 12.1 Å². The number of hydrogen-bond acceptors (Lipinski definition) is 1. The van der Waals surface area contributed by atoms with Crippen molar-refractivity contribution in [3.05, 3.63) is 0 Å². The molecule has 1 aliphatic rings. The van der Waals surface area contributed by atoms with Crippen molar-refractivity contribution in [2.45, 2.75) is 39.0 Å². The van der Waals surface area contributed by atoms with E-state index in [0.717, 1.165) is 25.5 Å². The van der Waals surface area contributed by atoms with Crippen LogP contribution < -0.4 is 0 Å². The summed E-state index contributed by atoms with van der Waals surface area (Å²) in [6, 6.07) is 0. The highest BCUT2D eigenvalue weighted by Crippen LogP contribution is 2.42. The predicted octanol–water partition coefficient (Wildman–Crippen LogP) is 2.74. The number of halogens is 1. The van der Waals surface area contributed by atoms with Crippen molar-refractivity contribution < 1.29 is 9.18 Å². The van der Waals surface area contributed by atoms with E-state index in [1.54, 1.807) is 0 Å². The topological polar surface area (TPSA) is 17.1 Å². The fourth-order valence-corrected chi connectivity index (χ4v) is 2.22. The van der Waals surface area contributed by atoms with Crippen LogP contribution in [0.3, 0.4) is 0 Å². The van der Waals surface area contributed by atoms with E-state index in [2.05, 4.69) is 6.92 Å². The molecule has 1 rings (SSSR count). The number of carbonyl (C=O) groups excluding carboxylic acids is 1. The molecule has 2 heteroatoms. The molecule has 2 atom stereocenters. The van der Waals surface area contributed by atoms with Crippen LogP contribution in [0, 0.1) is 11.3 Å². The second-order valence-electron chi connectivity index (χ2n) is 3.94. The molecule has 0 aromatic carbocycles. The minimum atomic E-state index is -0.358. The highest BCUT2D eigenvalue weighted by Gasteiger charge is 2.37. The molecule has 1 aliphatic carbocycles. The van der Waals surface area contributed by atoms with Gasteiger partial charge in [-0.2, -0.15) is 0 Å². The molecule has 12 heavy (non-hydrogen) atoms. The van der Waals surface area contributed by atoms with Gasteiger partial charge in [0.25, 0.3) is 0 Å². The second kappa shape index (κ2) is 4.01. The van der Waals surface area contributed by atoms with Crippen LogP contribution in [0.5, 0.6) is 0 Å². The summed E-state index contributed by atoms with van der Waals surface area (Å²) in [5.41, 5.74) is -0.326. The molecule has 0 heterocycles. The number of carbonyl (C=O) groups is 1. The van der Waals surface area contributed by atoms with Crippen molar-refractivity contribution in [1.29, 1.82) is 0 Å². The monoisotopic (exact) mass is 172 g/mol. The van der Waals surface area contributed by atoms with Crippen molar-refractivity contribution in [3.63, 3.8) is 0 Å². The Morgan fingerprint density at radius 1 is 1.58 bits per heavy atom. The molecule has 2 unspecified atom stereocenters. The Hall–Kier alpha value is -0.400. The lowest BCUT2D eigenvalue weighted by Gasteiger charge is -2.37. The van der Waals surface area contributed by atoms with Crippen LogP contribution in [-0.2, 0) is 4.79 Å². The fraction of sp³-hybridized carbons (Fsp3) is 0.900. The first-order chi connectivity index (χ1) is 5.75. The quantitative estimate of drug-likeness (QED) is 0.598. The van der Waals surface area contributed by atoms with E-state index < -0.39 is 0 Å². The SMILES string of the molecule is CC1CCCCC1(C=O)CCF. The molecule has 1 saturated carbocycles. The van der Waals surface area contributed by atoms with Crippen molar-refractivity contribution in [2.24, 2.45) is 11.3 Å². The standard InChI is InChI=1S/C10H17FO/c1-9-4-2-3-5-10(9,8-12)6-7-11/h8-9H,2-7H2,1H3. The molecule has 1 fully saturated rings. The number of alkyl halides is 1. The highest BCUT2D eigenvalue weighted by atomic mass is 19.1. The molecule has 70 valence electrons. The summed E-state index contributed by atoms with van der Waals surface area (Å²) in [5, 5.41) is 0. The Balaban J connectivity index is 2.66. The third kappa shape index (κ3) is 1.67. The normalized spacial score (nSPS) is 36.3. The van der Waals surface area contributed by atoms with Crippen molar-refractivity contribution in [2.75, 3.05) is 6.67 Å². The molecule has 0 saturated heterocycles. The fourth-order valence-electron chi connectivity index (χ4n) is 2.22. The summed E-state index contributed by atoms with van der Waals surface area (Å²) < 4.78 is 12.2. The summed E-state index contributed by atoms with van der Waals surface area (Å²) in [6.45, 7) is 1.71. The molecule has 0 amide bonds. The van der Waals surface area contributed by atoms with Crippen LogP contribution in [0.4, 0.5) is 4.39 Å². The van der Waals surface area contributed by atoms with Gasteiger partial charge in [-0.1, -0.05) is 19.8 Å². The van der Waals surface area contributed by atoms with Crippen LogP contribution >= 0.6 is 0 Å². The summed E-state index contributed by atoms with van der Waals surface area (Å²) >= 11 is 0. The maximum Gasteiger partial charge on any atom is 0.126 e. The maximum absolute atomic E-state index is 12.2. The Kier molecular flexibility index (Phi) is 3.24. The number of rotatable bonds is 3. The molecule has 0 aromatic heterocycles. The maximum atomic E-state index is 12.2. The van der Waals surface area contributed by atoms with Gasteiger partial charge in [0.05, 0.1) is 6.67 Å². The minimum absolute atomic E-state index is 0.326. The molecule has 0 aliphatic heterocycles. The molecule has 0 aromatic rings. The van der Waals surface area contributed by atoms with Gasteiger partial charge in [-0.3, -0.25) is 4.39 Å². The number of hydrogen-bond donors (Lipinski definition) is 0. The van der Waals surface area contributed by atoms with E-state index in [1.165, 1.54) is 6.42 Å². The Morgan fingerprint density at radius 3 is 2.83 bits per heavy atom. The van der Waals surface area contributed by atoms with Gasteiger partial charge in [0.1, 0.15) is 6.29 Å². The minimum Gasteiger partial charge on any atom is -0.303 e. The largest absolute Gasteiger partial charge is 0.303 e. The van der Waals surface area contributed by atoms with Gasteiger partial charge < -0.3 is 4.79 Å². The van der Waals surface area contributed by atoms with Gasteiger partial charge in [0, 0.05) is 5.41 Å². The molecule has 0 spiro atoms. The van der Waals surface area contributed by atoms with Gasteiger partial charge in [0.2, 0.25) is 0 Å². The molecule has 0 bridgehead atoms. The lowest BCUT2D eigenvalue weighted by atomic mass is 9.66. The zero-order valence-corrected chi connectivity index (χ0v) is 7.68. The average Bonchev–Trinajstić information content (AvgIpc) is 2.10. The van der Waals surface area contributed by atoms with Crippen LogP contribution in [0.1, 0.15) is 39.0 Å². The molecular formula is C10H17FO. The zero-order valence-electron chi connectivity index (χ0n) is 7.68.